The fraction of sp³-hybridized carbons (Fsp3) is 0.429. The van der Waals surface area contributed by atoms with Gasteiger partial charge in [0.25, 0.3) is 0 Å². The van der Waals surface area contributed by atoms with Gasteiger partial charge in [-0.1, -0.05) is 60.7 Å². The van der Waals surface area contributed by atoms with Crippen molar-refractivity contribution >= 4 is 0 Å². The molecule has 0 bridgehead atoms. The van der Waals surface area contributed by atoms with Crippen LogP contribution in [0.4, 0.5) is 0 Å². The minimum absolute atomic E-state index is 0.148. The molecule has 1 unspecified atom stereocenters. The Bertz CT molecular complexity index is 633. The first kappa shape index (κ1) is 19.0. The Morgan fingerprint density at radius 3 is 2.04 bits per heavy atom. The molecule has 2 aromatic carbocycles. The van der Waals surface area contributed by atoms with E-state index in [1.54, 1.807) is 7.11 Å². The lowest BCUT2D eigenvalue weighted by atomic mass is 10.0. The molecule has 0 aliphatic carbocycles. The zero-order valence-corrected chi connectivity index (χ0v) is 15.0. The fourth-order valence-electron chi connectivity index (χ4n) is 3.11. The molecule has 140 valence electrons. The summed E-state index contributed by atoms with van der Waals surface area (Å²) in [5.74, 6) is 0. The third-order valence-electron chi connectivity index (χ3n) is 4.52. The minimum atomic E-state index is -0.488. The molecule has 4 atom stereocenters. The molecule has 0 spiro atoms. The van der Waals surface area contributed by atoms with Gasteiger partial charge in [-0.2, -0.15) is 0 Å². The van der Waals surface area contributed by atoms with E-state index in [-0.39, 0.29) is 18.8 Å². The topological polar surface area (TPSA) is 57.2 Å². The molecule has 5 nitrogen and oxygen atoms in total. The number of ether oxygens (including phenoxy) is 4. The average molecular weight is 358 g/mol. The molecule has 2 aromatic rings. The van der Waals surface area contributed by atoms with Gasteiger partial charge in [0, 0.05) is 13.5 Å². The Hall–Kier alpha value is -1.76. The lowest BCUT2D eigenvalue weighted by Crippen LogP contribution is -2.52. The quantitative estimate of drug-likeness (QED) is 0.786. The van der Waals surface area contributed by atoms with Crippen molar-refractivity contribution in [1.29, 1.82) is 0 Å². The Labute approximate surface area is 154 Å². The number of benzene rings is 2. The van der Waals surface area contributed by atoms with Gasteiger partial charge in [0.05, 0.1) is 25.9 Å². The molecule has 1 heterocycles. The van der Waals surface area contributed by atoms with Crippen LogP contribution in [0, 0.1) is 0 Å². The summed E-state index contributed by atoms with van der Waals surface area (Å²) in [6.45, 7) is 0.768. The van der Waals surface area contributed by atoms with Crippen molar-refractivity contribution in [2.24, 2.45) is 0 Å². The fourth-order valence-corrected chi connectivity index (χ4v) is 3.11. The molecule has 5 heteroatoms. The van der Waals surface area contributed by atoms with Crippen LogP contribution in [0.25, 0.3) is 0 Å². The summed E-state index contributed by atoms with van der Waals surface area (Å²) < 4.78 is 23.4. The molecule has 26 heavy (non-hydrogen) atoms. The van der Waals surface area contributed by atoms with E-state index in [9.17, 15) is 5.11 Å². The van der Waals surface area contributed by atoms with E-state index in [4.69, 9.17) is 18.9 Å². The second-order valence-electron chi connectivity index (χ2n) is 6.35. The Kier molecular flexibility index (Phi) is 7.17. The highest BCUT2D eigenvalue weighted by atomic mass is 16.7. The van der Waals surface area contributed by atoms with Crippen LogP contribution in [-0.4, -0.2) is 43.4 Å². The SMILES string of the molecule is CO[C@@H]1C[C@H](OCc2ccccc2)[C@H](OCc2ccccc2)C(CO)O1. The summed E-state index contributed by atoms with van der Waals surface area (Å²) in [6, 6.07) is 19.9. The van der Waals surface area contributed by atoms with Gasteiger partial charge in [0.1, 0.15) is 12.2 Å². The molecular weight excluding hydrogens is 332 g/mol. The number of methoxy groups -OCH3 is 1. The summed E-state index contributed by atoms with van der Waals surface area (Å²) in [5.41, 5.74) is 2.16. The number of rotatable bonds is 8. The van der Waals surface area contributed by atoms with E-state index in [1.807, 2.05) is 60.7 Å². The number of aliphatic hydroxyl groups is 1. The molecule has 0 amide bonds. The minimum Gasteiger partial charge on any atom is -0.394 e. The number of aliphatic hydroxyl groups excluding tert-OH is 1. The molecule has 1 saturated heterocycles. The Morgan fingerprint density at radius 1 is 0.923 bits per heavy atom. The van der Waals surface area contributed by atoms with Crippen molar-refractivity contribution < 1.29 is 24.1 Å². The van der Waals surface area contributed by atoms with Crippen LogP contribution < -0.4 is 0 Å². The van der Waals surface area contributed by atoms with Crippen LogP contribution in [0.2, 0.25) is 0 Å². The average Bonchev–Trinajstić information content (AvgIpc) is 2.72. The molecule has 3 rings (SSSR count). The van der Waals surface area contributed by atoms with Gasteiger partial charge in [0.2, 0.25) is 0 Å². The molecule has 1 N–H and O–H groups in total. The zero-order valence-electron chi connectivity index (χ0n) is 15.0. The summed E-state index contributed by atoms with van der Waals surface area (Å²) in [6.07, 6.45) is -0.938. The lowest BCUT2D eigenvalue weighted by Gasteiger charge is -2.40. The normalized spacial score (nSPS) is 25.9. The Balaban J connectivity index is 1.67. The molecular formula is C21H26O5. The maximum atomic E-state index is 9.76. The molecule has 1 aliphatic heterocycles. The van der Waals surface area contributed by atoms with Crippen molar-refractivity contribution in [3.05, 3.63) is 71.8 Å². The smallest absolute Gasteiger partial charge is 0.160 e. The predicted molar refractivity (Wildman–Crippen MR) is 97.4 cm³/mol. The predicted octanol–water partition coefficient (Wildman–Crippen LogP) is 2.91. The van der Waals surface area contributed by atoms with Crippen LogP contribution in [-0.2, 0) is 32.2 Å². The molecule has 1 fully saturated rings. The largest absolute Gasteiger partial charge is 0.394 e. The molecule has 0 radical (unpaired) electrons. The highest BCUT2D eigenvalue weighted by Crippen LogP contribution is 2.27. The zero-order chi connectivity index (χ0) is 18.2. The van der Waals surface area contributed by atoms with E-state index >= 15 is 0 Å². The lowest BCUT2D eigenvalue weighted by molar-refractivity contribution is -0.269. The first-order valence-electron chi connectivity index (χ1n) is 8.90. The third-order valence-corrected chi connectivity index (χ3v) is 4.52. The summed E-state index contributed by atoms with van der Waals surface area (Å²) in [4.78, 5) is 0. The van der Waals surface area contributed by atoms with Gasteiger partial charge in [0.15, 0.2) is 6.29 Å². The number of hydrogen-bond acceptors (Lipinski definition) is 5. The monoisotopic (exact) mass is 358 g/mol. The van der Waals surface area contributed by atoms with E-state index in [0.29, 0.717) is 19.6 Å². The van der Waals surface area contributed by atoms with E-state index < -0.39 is 12.4 Å². The van der Waals surface area contributed by atoms with E-state index in [2.05, 4.69) is 0 Å². The van der Waals surface area contributed by atoms with Gasteiger partial charge in [-0.05, 0) is 11.1 Å². The van der Waals surface area contributed by atoms with Crippen LogP contribution >= 0.6 is 0 Å². The third kappa shape index (κ3) is 5.13. The van der Waals surface area contributed by atoms with Crippen molar-refractivity contribution in [1.82, 2.24) is 0 Å². The summed E-state index contributed by atoms with van der Waals surface area (Å²) in [7, 11) is 1.60. The maximum Gasteiger partial charge on any atom is 0.160 e. The second-order valence-corrected chi connectivity index (χ2v) is 6.35. The molecule has 0 aromatic heterocycles. The Morgan fingerprint density at radius 2 is 1.50 bits per heavy atom. The standard InChI is InChI=1S/C21H26O5/c1-23-20-12-18(24-14-16-8-4-2-5-9-16)21(19(13-22)26-20)25-15-17-10-6-3-7-11-17/h2-11,18-22H,12-15H2,1H3/t18-,19?,20-,21-/m0/s1. The highest BCUT2D eigenvalue weighted by molar-refractivity contribution is 5.14. The van der Waals surface area contributed by atoms with Gasteiger partial charge in [-0.25, -0.2) is 0 Å². The summed E-state index contributed by atoms with van der Waals surface area (Å²) >= 11 is 0. The van der Waals surface area contributed by atoms with Crippen LogP contribution in [0.1, 0.15) is 17.5 Å². The molecule has 1 aliphatic rings. The molecule has 0 saturated carbocycles. The van der Waals surface area contributed by atoms with Gasteiger partial charge < -0.3 is 24.1 Å². The van der Waals surface area contributed by atoms with E-state index in [1.165, 1.54) is 0 Å². The second kappa shape index (κ2) is 9.80. The first-order chi connectivity index (χ1) is 12.8. The maximum absolute atomic E-state index is 9.76. The van der Waals surface area contributed by atoms with Crippen molar-refractivity contribution in [3.8, 4) is 0 Å². The highest BCUT2D eigenvalue weighted by Gasteiger charge is 2.40. The first-order valence-corrected chi connectivity index (χ1v) is 8.90. The van der Waals surface area contributed by atoms with Crippen molar-refractivity contribution in [2.75, 3.05) is 13.7 Å². The van der Waals surface area contributed by atoms with Gasteiger partial charge in [-0.15, -0.1) is 0 Å². The van der Waals surface area contributed by atoms with Crippen LogP contribution in [0.3, 0.4) is 0 Å². The van der Waals surface area contributed by atoms with Crippen molar-refractivity contribution in [2.45, 2.75) is 44.2 Å². The van der Waals surface area contributed by atoms with Crippen molar-refractivity contribution in [3.63, 3.8) is 0 Å². The van der Waals surface area contributed by atoms with Gasteiger partial charge >= 0.3 is 0 Å². The van der Waals surface area contributed by atoms with Gasteiger partial charge in [-0.3, -0.25) is 0 Å². The van der Waals surface area contributed by atoms with Crippen LogP contribution in [0.5, 0.6) is 0 Å². The van der Waals surface area contributed by atoms with E-state index in [0.717, 1.165) is 11.1 Å². The number of hydrogen-bond donors (Lipinski definition) is 1. The van der Waals surface area contributed by atoms with Crippen LogP contribution in [0.15, 0.2) is 60.7 Å². The summed E-state index contributed by atoms with van der Waals surface area (Å²) in [5, 5.41) is 9.76.